The molecule has 0 radical (unpaired) electrons. The normalized spacial score (nSPS) is 15.4. The molecule has 2 atom stereocenters. The maximum atomic E-state index is 13.6. The number of aryl methyl sites for hydroxylation is 2. The summed E-state index contributed by atoms with van der Waals surface area (Å²) in [5.41, 5.74) is 4.63. The second kappa shape index (κ2) is 13.9. The van der Waals surface area contributed by atoms with Gasteiger partial charge in [0.15, 0.2) is 0 Å². The predicted octanol–water partition coefficient (Wildman–Crippen LogP) is 6.77. The summed E-state index contributed by atoms with van der Waals surface area (Å²) in [6.07, 6.45) is -0.00557. The predicted molar refractivity (Wildman–Crippen MR) is 163 cm³/mol. The van der Waals surface area contributed by atoms with Crippen LogP contribution in [0.3, 0.4) is 0 Å². The Balaban J connectivity index is 1.20. The Morgan fingerprint density at radius 1 is 1.09 bits per heavy atom. The minimum atomic E-state index is -0.815. The SMILES string of the molecule is CCO[C@@H](Cc1ccc(OCCc2nc(-c3ccc(Cl)cc3)oc2C)cc1C)C(=O)N1C(=O)OCC1Cc1ccccc1. The molecule has 1 saturated heterocycles. The van der Waals surface area contributed by atoms with Gasteiger partial charge in [0.2, 0.25) is 5.89 Å². The van der Waals surface area contributed by atoms with Gasteiger partial charge in [-0.05, 0) is 80.3 Å². The number of hydrogen-bond acceptors (Lipinski definition) is 7. The second-order valence-electron chi connectivity index (χ2n) is 10.5. The average molecular weight is 603 g/mol. The number of aromatic nitrogens is 1. The number of amides is 2. The number of nitrogens with zero attached hydrogens (tertiary/aromatic N) is 2. The number of halogens is 1. The van der Waals surface area contributed by atoms with E-state index in [1.807, 2.05) is 81.4 Å². The first kappa shape index (κ1) is 30.3. The molecule has 3 aromatic carbocycles. The Kier molecular flexibility index (Phi) is 9.79. The minimum absolute atomic E-state index is 0.166. The van der Waals surface area contributed by atoms with Gasteiger partial charge >= 0.3 is 6.09 Å². The van der Waals surface area contributed by atoms with Gasteiger partial charge in [-0.3, -0.25) is 4.79 Å². The zero-order valence-corrected chi connectivity index (χ0v) is 25.3. The Hall–Kier alpha value is -4.14. The van der Waals surface area contributed by atoms with Gasteiger partial charge in [-0.1, -0.05) is 48.0 Å². The van der Waals surface area contributed by atoms with E-state index in [0.717, 1.165) is 33.7 Å². The highest BCUT2D eigenvalue weighted by molar-refractivity contribution is 6.30. The van der Waals surface area contributed by atoms with Gasteiger partial charge in [0.1, 0.15) is 24.2 Å². The molecule has 0 saturated carbocycles. The molecule has 2 amide bonds. The lowest BCUT2D eigenvalue weighted by molar-refractivity contribution is -0.141. The zero-order valence-electron chi connectivity index (χ0n) is 24.5. The van der Waals surface area contributed by atoms with Crippen molar-refractivity contribution in [1.29, 1.82) is 0 Å². The smallest absolute Gasteiger partial charge is 0.417 e. The molecular weight excluding hydrogens is 568 g/mol. The maximum absolute atomic E-state index is 13.6. The topological polar surface area (TPSA) is 91.1 Å². The van der Waals surface area contributed by atoms with E-state index in [0.29, 0.717) is 49.1 Å². The van der Waals surface area contributed by atoms with Crippen molar-refractivity contribution in [2.45, 2.75) is 52.2 Å². The summed E-state index contributed by atoms with van der Waals surface area (Å²) in [6.45, 7) is 6.62. The van der Waals surface area contributed by atoms with E-state index in [9.17, 15) is 9.59 Å². The van der Waals surface area contributed by atoms with Crippen LogP contribution in [0.5, 0.6) is 5.75 Å². The molecule has 1 aliphatic heterocycles. The number of oxazole rings is 1. The van der Waals surface area contributed by atoms with E-state index >= 15 is 0 Å². The van der Waals surface area contributed by atoms with Gasteiger partial charge in [-0.2, -0.15) is 0 Å². The van der Waals surface area contributed by atoms with Crippen LogP contribution >= 0.6 is 11.6 Å². The van der Waals surface area contributed by atoms with E-state index in [4.69, 9.17) is 30.2 Å². The molecule has 4 aromatic rings. The molecule has 1 aromatic heterocycles. The number of imide groups is 1. The third-order valence-electron chi connectivity index (χ3n) is 7.47. The van der Waals surface area contributed by atoms with Gasteiger partial charge < -0.3 is 18.6 Å². The van der Waals surface area contributed by atoms with E-state index in [-0.39, 0.29) is 18.6 Å². The largest absolute Gasteiger partial charge is 0.493 e. The van der Waals surface area contributed by atoms with Crippen LogP contribution in [0.1, 0.15) is 35.1 Å². The van der Waals surface area contributed by atoms with Gasteiger partial charge in [0.05, 0.1) is 18.3 Å². The molecule has 224 valence electrons. The highest BCUT2D eigenvalue weighted by atomic mass is 35.5. The first-order valence-electron chi connectivity index (χ1n) is 14.4. The summed E-state index contributed by atoms with van der Waals surface area (Å²) < 4.78 is 23.0. The van der Waals surface area contributed by atoms with Gasteiger partial charge in [0.25, 0.3) is 5.91 Å². The van der Waals surface area contributed by atoms with E-state index in [1.165, 1.54) is 4.90 Å². The van der Waals surface area contributed by atoms with Crippen molar-refractivity contribution in [3.05, 3.63) is 106 Å². The molecule has 0 bridgehead atoms. The molecule has 43 heavy (non-hydrogen) atoms. The molecule has 2 heterocycles. The van der Waals surface area contributed by atoms with Gasteiger partial charge in [-0.15, -0.1) is 0 Å². The van der Waals surface area contributed by atoms with Crippen LogP contribution in [0.4, 0.5) is 4.79 Å². The van der Waals surface area contributed by atoms with Crippen molar-refractivity contribution in [3.8, 4) is 17.2 Å². The van der Waals surface area contributed by atoms with Crippen LogP contribution in [0, 0.1) is 13.8 Å². The first-order valence-corrected chi connectivity index (χ1v) is 14.8. The molecule has 8 nitrogen and oxygen atoms in total. The Labute approximate surface area is 256 Å². The second-order valence-corrected chi connectivity index (χ2v) is 10.9. The van der Waals surface area contributed by atoms with E-state index < -0.39 is 12.2 Å². The van der Waals surface area contributed by atoms with Gasteiger partial charge in [-0.25, -0.2) is 14.7 Å². The maximum Gasteiger partial charge on any atom is 0.417 e. The summed E-state index contributed by atoms with van der Waals surface area (Å²) in [6, 6.07) is 22.5. The summed E-state index contributed by atoms with van der Waals surface area (Å²) in [4.78, 5) is 32.1. The van der Waals surface area contributed by atoms with Crippen LogP contribution in [0.15, 0.2) is 77.2 Å². The Morgan fingerprint density at radius 3 is 2.58 bits per heavy atom. The van der Waals surface area contributed by atoms with Crippen LogP contribution in [-0.4, -0.2) is 53.9 Å². The van der Waals surface area contributed by atoms with Crippen molar-refractivity contribution in [1.82, 2.24) is 9.88 Å². The molecule has 0 spiro atoms. The number of cyclic esters (lactones) is 1. The fourth-order valence-corrected chi connectivity index (χ4v) is 5.30. The molecule has 9 heteroatoms. The van der Waals surface area contributed by atoms with Crippen molar-refractivity contribution in [3.63, 3.8) is 0 Å². The van der Waals surface area contributed by atoms with Crippen LogP contribution in [-0.2, 0) is 33.5 Å². The average Bonchev–Trinajstić information content (AvgIpc) is 3.55. The number of rotatable bonds is 12. The van der Waals surface area contributed by atoms with Gasteiger partial charge in [0, 0.05) is 30.0 Å². The molecule has 0 N–H and O–H groups in total. The van der Waals surface area contributed by atoms with Crippen molar-refractivity contribution < 1.29 is 28.2 Å². The van der Waals surface area contributed by atoms with E-state index in [1.54, 1.807) is 12.1 Å². The monoisotopic (exact) mass is 602 g/mol. The molecular formula is C34H35ClN2O6. The fourth-order valence-electron chi connectivity index (χ4n) is 5.17. The molecule has 1 aliphatic rings. The lowest BCUT2D eigenvalue weighted by Gasteiger charge is -2.25. The summed E-state index contributed by atoms with van der Waals surface area (Å²) in [5.74, 6) is 1.63. The highest BCUT2D eigenvalue weighted by Gasteiger charge is 2.41. The molecule has 1 fully saturated rings. The quantitative estimate of drug-likeness (QED) is 0.177. The molecule has 0 aliphatic carbocycles. The molecule has 1 unspecified atom stereocenters. The third kappa shape index (κ3) is 7.45. The fraction of sp³-hybridized carbons (Fsp3) is 0.324. The van der Waals surface area contributed by atoms with Crippen molar-refractivity contribution >= 4 is 23.6 Å². The first-order chi connectivity index (χ1) is 20.8. The van der Waals surface area contributed by atoms with Crippen LogP contribution in [0.25, 0.3) is 11.5 Å². The summed E-state index contributed by atoms with van der Waals surface area (Å²) in [5, 5.41) is 0.658. The third-order valence-corrected chi connectivity index (χ3v) is 7.72. The zero-order chi connectivity index (χ0) is 30.3. The Morgan fingerprint density at radius 2 is 1.86 bits per heavy atom. The summed E-state index contributed by atoms with van der Waals surface area (Å²) >= 11 is 5.99. The number of carbonyl (C=O) groups excluding carboxylic acids is 2. The van der Waals surface area contributed by atoms with Crippen molar-refractivity contribution in [2.75, 3.05) is 19.8 Å². The minimum Gasteiger partial charge on any atom is -0.493 e. The number of ether oxygens (including phenoxy) is 3. The number of benzene rings is 3. The number of hydrogen-bond donors (Lipinski definition) is 0. The van der Waals surface area contributed by atoms with Crippen LogP contribution < -0.4 is 4.74 Å². The van der Waals surface area contributed by atoms with Crippen LogP contribution in [0.2, 0.25) is 5.02 Å². The van der Waals surface area contributed by atoms with E-state index in [2.05, 4.69) is 4.98 Å². The lowest BCUT2D eigenvalue weighted by Crippen LogP contribution is -2.47. The lowest BCUT2D eigenvalue weighted by atomic mass is 10.0. The van der Waals surface area contributed by atoms with Crippen molar-refractivity contribution in [2.24, 2.45) is 0 Å². The number of carbonyl (C=O) groups is 2. The standard InChI is InChI=1S/C34H35ClN2O6/c1-4-40-31(33(38)37-28(21-42-34(37)39)19-24-8-6-5-7-9-24)20-26-12-15-29(18-22(26)2)41-17-16-30-23(3)43-32(36-30)25-10-13-27(35)14-11-25/h5-15,18,28,31H,4,16-17,19-21H2,1-3H3/t28?,31-/m0/s1. The Bertz CT molecular complexity index is 1550. The molecule has 5 rings (SSSR count). The summed E-state index contributed by atoms with van der Waals surface area (Å²) in [7, 11) is 0. The highest BCUT2D eigenvalue weighted by Crippen LogP contribution is 2.26.